The zero-order valence-electron chi connectivity index (χ0n) is 7.38. The van der Waals surface area contributed by atoms with Gasteiger partial charge in [0.15, 0.2) is 0 Å². The minimum atomic E-state index is -2.81. The molecule has 2 fully saturated rings. The van der Waals surface area contributed by atoms with Crippen LogP contribution in [-0.2, 0) is 14.6 Å². The fourth-order valence-electron chi connectivity index (χ4n) is 2.07. The summed E-state index contributed by atoms with van der Waals surface area (Å²) in [5, 5.41) is 3.15. The Hall–Kier alpha value is -0.420. The zero-order chi connectivity index (χ0) is 9.53. The SMILES string of the molecule is O=C1CNC2(CCS(=O)(=O)CC2)C1. The Morgan fingerprint density at radius 1 is 1.23 bits per heavy atom. The standard InChI is InChI=1S/C8H13NO3S/c10-7-5-8(9-6-7)1-3-13(11,12)4-2-8/h9H,1-6H2. The summed E-state index contributed by atoms with van der Waals surface area (Å²) in [5.41, 5.74) is -0.178. The number of Topliss-reactive ketones (excluding diaryl/α,β-unsaturated/α-hetero) is 1. The normalized spacial score (nSPS) is 30.9. The number of hydrogen-bond acceptors (Lipinski definition) is 4. The lowest BCUT2D eigenvalue weighted by atomic mass is 9.90. The smallest absolute Gasteiger partial charge is 0.150 e. The van der Waals surface area contributed by atoms with Gasteiger partial charge in [-0.2, -0.15) is 0 Å². The number of carbonyl (C=O) groups is 1. The molecule has 0 bridgehead atoms. The molecule has 0 aliphatic carbocycles. The van der Waals surface area contributed by atoms with Gasteiger partial charge in [-0.3, -0.25) is 4.79 Å². The molecule has 0 amide bonds. The van der Waals surface area contributed by atoms with Crippen LogP contribution in [0.1, 0.15) is 19.3 Å². The summed E-state index contributed by atoms with van der Waals surface area (Å²) < 4.78 is 22.3. The molecule has 2 saturated heterocycles. The maximum absolute atomic E-state index is 11.2. The van der Waals surface area contributed by atoms with Crippen LogP contribution in [0.2, 0.25) is 0 Å². The lowest BCUT2D eigenvalue weighted by molar-refractivity contribution is -0.116. The lowest BCUT2D eigenvalue weighted by Gasteiger charge is -2.32. The Labute approximate surface area is 77.6 Å². The van der Waals surface area contributed by atoms with E-state index in [1.54, 1.807) is 0 Å². The van der Waals surface area contributed by atoms with Gasteiger partial charge in [-0.05, 0) is 12.8 Å². The molecule has 2 heterocycles. The van der Waals surface area contributed by atoms with Gasteiger partial charge < -0.3 is 5.32 Å². The Balaban J connectivity index is 2.09. The van der Waals surface area contributed by atoms with Crippen LogP contribution in [0.3, 0.4) is 0 Å². The van der Waals surface area contributed by atoms with Crippen molar-refractivity contribution in [1.82, 2.24) is 5.32 Å². The Morgan fingerprint density at radius 2 is 1.85 bits per heavy atom. The molecule has 0 aromatic carbocycles. The zero-order valence-corrected chi connectivity index (χ0v) is 8.19. The highest BCUT2D eigenvalue weighted by molar-refractivity contribution is 7.91. The summed E-state index contributed by atoms with van der Waals surface area (Å²) in [6, 6.07) is 0. The molecule has 0 radical (unpaired) electrons. The number of rotatable bonds is 0. The van der Waals surface area contributed by atoms with Crippen LogP contribution in [0.4, 0.5) is 0 Å². The van der Waals surface area contributed by atoms with Gasteiger partial charge in [0.05, 0.1) is 18.1 Å². The van der Waals surface area contributed by atoms with E-state index in [-0.39, 0.29) is 22.8 Å². The van der Waals surface area contributed by atoms with Gasteiger partial charge in [-0.25, -0.2) is 8.42 Å². The quantitative estimate of drug-likeness (QED) is 0.576. The topological polar surface area (TPSA) is 63.2 Å². The van der Waals surface area contributed by atoms with E-state index in [1.165, 1.54) is 0 Å². The third kappa shape index (κ3) is 1.76. The molecular weight excluding hydrogens is 190 g/mol. The fourth-order valence-corrected chi connectivity index (χ4v) is 3.68. The molecule has 0 aromatic heterocycles. The highest BCUT2D eigenvalue weighted by Crippen LogP contribution is 2.30. The molecule has 2 aliphatic rings. The molecule has 13 heavy (non-hydrogen) atoms. The first-order chi connectivity index (χ1) is 6.02. The largest absolute Gasteiger partial charge is 0.304 e. The van der Waals surface area contributed by atoms with E-state index in [4.69, 9.17) is 0 Å². The van der Waals surface area contributed by atoms with E-state index >= 15 is 0 Å². The van der Waals surface area contributed by atoms with E-state index in [0.29, 0.717) is 25.8 Å². The van der Waals surface area contributed by atoms with E-state index < -0.39 is 9.84 Å². The summed E-state index contributed by atoms with van der Waals surface area (Å²) in [4.78, 5) is 11.1. The van der Waals surface area contributed by atoms with Crippen molar-refractivity contribution in [2.45, 2.75) is 24.8 Å². The molecule has 0 atom stereocenters. The van der Waals surface area contributed by atoms with Crippen LogP contribution in [0.15, 0.2) is 0 Å². The van der Waals surface area contributed by atoms with Crippen molar-refractivity contribution < 1.29 is 13.2 Å². The maximum Gasteiger partial charge on any atom is 0.150 e. The van der Waals surface area contributed by atoms with E-state index in [9.17, 15) is 13.2 Å². The summed E-state index contributed by atoms with van der Waals surface area (Å²) in [6.07, 6.45) is 1.71. The number of sulfone groups is 1. The van der Waals surface area contributed by atoms with Crippen molar-refractivity contribution in [3.05, 3.63) is 0 Å². The van der Waals surface area contributed by atoms with Crippen molar-refractivity contribution in [2.24, 2.45) is 0 Å². The molecule has 74 valence electrons. The van der Waals surface area contributed by atoms with Crippen LogP contribution >= 0.6 is 0 Å². The van der Waals surface area contributed by atoms with Crippen molar-refractivity contribution >= 4 is 15.6 Å². The predicted molar refractivity (Wildman–Crippen MR) is 48.2 cm³/mol. The molecule has 2 aliphatic heterocycles. The Bertz CT molecular complexity index is 319. The third-order valence-corrected chi connectivity index (χ3v) is 4.63. The first-order valence-corrected chi connectivity index (χ1v) is 6.31. The average Bonchev–Trinajstić information content (AvgIpc) is 2.41. The number of carbonyl (C=O) groups excluding carboxylic acids is 1. The summed E-state index contributed by atoms with van der Waals surface area (Å²) in [7, 11) is -2.81. The first-order valence-electron chi connectivity index (χ1n) is 4.49. The van der Waals surface area contributed by atoms with Gasteiger partial charge in [-0.15, -0.1) is 0 Å². The van der Waals surface area contributed by atoms with E-state index in [0.717, 1.165) is 0 Å². The second-order valence-corrected chi connectivity index (χ2v) is 6.30. The third-order valence-electron chi connectivity index (χ3n) is 2.98. The van der Waals surface area contributed by atoms with Crippen molar-refractivity contribution in [3.63, 3.8) is 0 Å². The van der Waals surface area contributed by atoms with Gasteiger partial charge in [0, 0.05) is 12.0 Å². The maximum atomic E-state index is 11.2. The van der Waals surface area contributed by atoms with Gasteiger partial charge in [-0.1, -0.05) is 0 Å². The van der Waals surface area contributed by atoms with Crippen LogP contribution < -0.4 is 5.32 Å². The lowest BCUT2D eigenvalue weighted by Crippen LogP contribution is -2.46. The Kier molecular flexibility index (Phi) is 1.96. The van der Waals surface area contributed by atoms with Gasteiger partial charge in [0.2, 0.25) is 0 Å². The van der Waals surface area contributed by atoms with Gasteiger partial charge in [0.25, 0.3) is 0 Å². The second kappa shape index (κ2) is 2.78. The van der Waals surface area contributed by atoms with Crippen LogP contribution in [0, 0.1) is 0 Å². The molecule has 0 unspecified atom stereocenters. The van der Waals surface area contributed by atoms with Crippen molar-refractivity contribution in [3.8, 4) is 0 Å². The number of ketones is 1. The van der Waals surface area contributed by atoms with Crippen molar-refractivity contribution in [2.75, 3.05) is 18.1 Å². The summed E-state index contributed by atoms with van der Waals surface area (Å²) in [6.45, 7) is 0.417. The molecule has 0 aromatic rings. The predicted octanol–water partition coefficient (Wildman–Crippen LogP) is -0.504. The second-order valence-electron chi connectivity index (χ2n) is 4.00. The summed E-state index contributed by atoms with van der Waals surface area (Å²) >= 11 is 0. The number of hydrogen-bond donors (Lipinski definition) is 1. The minimum absolute atomic E-state index is 0.178. The molecular formula is C8H13NO3S. The molecule has 2 rings (SSSR count). The molecule has 1 spiro atoms. The van der Waals surface area contributed by atoms with E-state index in [1.807, 2.05) is 0 Å². The first kappa shape index (κ1) is 9.15. The van der Waals surface area contributed by atoms with Crippen LogP contribution in [0.25, 0.3) is 0 Å². The average molecular weight is 203 g/mol. The molecule has 4 nitrogen and oxygen atoms in total. The van der Waals surface area contributed by atoms with Gasteiger partial charge in [0.1, 0.15) is 15.6 Å². The monoisotopic (exact) mass is 203 g/mol. The molecule has 5 heteroatoms. The highest BCUT2D eigenvalue weighted by Gasteiger charge is 2.42. The van der Waals surface area contributed by atoms with Gasteiger partial charge >= 0.3 is 0 Å². The number of nitrogens with one attached hydrogen (secondary N) is 1. The molecule has 0 saturated carbocycles. The fraction of sp³-hybridized carbons (Fsp3) is 0.875. The highest BCUT2D eigenvalue weighted by atomic mass is 32.2. The van der Waals surface area contributed by atoms with Crippen molar-refractivity contribution in [1.29, 1.82) is 0 Å². The van der Waals surface area contributed by atoms with Crippen LogP contribution in [0.5, 0.6) is 0 Å². The Morgan fingerprint density at radius 3 is 2.31 bits per heavy atom. The summed E-state index contributed by atoms with van der Waals surface area (Å²) in [5.74, 6) is 0.667. The molecule has 1 N–H and O–H groups in total. The van der Waals surface area contributed by atoms with Crippen LogP contribution in [-0.4, -0.2) is 37.8 Å². The minimum Gasteiger partial charge on any atom is -0.304 e. The van der Waals surface area contributed by atoms with E-state index in [2.05, 4.69) is 5.32 Å².